The summed E-state index contributed by atoms with van der Waals surface area (Å²) in [5, 5.41) is 8.40. The molecule has 1 aromatic heterocycles. The fraction of sp³-hybridized carbons (Fsp3) is 0.400. The van der Waals surface area contributed by atoms with Crippen molar-refractivity contribution in [3.05, 3.63) is 46.0 Å². The van der Waals surface area contributed by atoms with E-state index >= 15 is 0 Å². The molecular weight excluding hydrogens is 277 g/mol. The summed E-state index contributed by atoms with van der Waals surface area (Å²) in [6.45, 7) is 8.62. The molecule has 0 aliphatic heterocycles. The minimum Gasteiger partial charge on any atom is -0.310 e. The molecule has 0 amide bonds. The highest BCUT2D eigenvalue weighted by Crippen LogP contribution is 2.27. The second-order valence-corrected chi connectivity index (χ2v) is 5.26. The van der Waals surface area contributed by atoms with Gasteiger partial charge in [0.15, 0.2) is 0 Å². The minimum atomic E-state index is -0.249. The van der Waals surface area contributed by atoms with Crippen molar-refractivity contribution in [1.29, 1.82) is 0 Å². The molecule has 1 unspecified atom stereocenters. The summed E-state index contributed by atoms with van der Waals surface area (Å²) < 4.78 is 15.3. The first kappa shape index (κ1) is 15.0. The molecule has 0 aliphatic carbocycles. The lowest BCUT2D eigenvalue weighted by Crippen LogP contribution is -2.20. The maximum Gasteiger partial charge on any atom is 0.123 e. The van der Waals surface area contributed by atoms with Gasteiger partial charge < -0.3 is 5.32 Å². The van der Waals surface area contributed by atoms with E-state index < -0.39 is 0 Å². The lowest BCUT2D eigenvalue weighted by molar-refractivity contribution is 0.577. The standard InChI is InChI=1S/C15H19ClFN3/c1-5-18-9(2)13-8-12(17)6-7-14(13)20-11(4)15(16)10(3)19-20/h6-9,18H,5H2,1-4H3. The molecule has 2 rings (SSSR count). The van der Waals surface area contributed by atoms with Crippen molar-refractivity contribution >= 4 is 11.6 Å². The Balaban J connectivity index is 2.58. The number of benzene rings is 1. The van der Waals surface area contributed by atoms with E-state index in [0.29, 0.717) is 5.02 Å². The van der Waals surface area contributed by atoms with Crippen LogP contribution in [0.15, 0.2) is 18.2 Å². The maximum absolute atomic E-state index is 13.6. The Morgan fingerprint density at radius 1 is 1.40 bits per heavy atom. The smallest absolute Gasteiger partial charge is 0.123 e. The van der Waals surface area contributed by atoms with Crippen LogP contribution in [0.1, 0.15) is 36.8 Å². The third-order valence-corrected chi connectivity index (χ3v) is 3.94. The molecule has 0 saturated heterocycles. The second-order valence-electron chi connectivity index (χ2n) is 4.88. The van der Waals surface area contributed by atoms with Crippen LogP contribution in [0.4, 0.5) is 4.39 Å². The molecule has 5 heteroatoms. The van der Waals surface area contributed by atoms with Gasteiger partial charge in [0, 0.05) is 6.04 Å². The molecule has 0 aliphatic rings. The lowest BCUT2D eigenvalue weighted by atomic mass is 10.1. The van der Waals surface area contributed by atoms with E-state index in [1.165, 1.54) is 6.07 Å². The molecule has 1 aromatic carbocycles. The van der Waals surface area contributed by atoms with Crippen molar-refractivity contribution in [3.63, 3.8) is 0 Å². The van der Waals surface area contributed by atoms with Crippen molar-refractivity contribution in [2.24, 2.45) is 0 Å². The molecule has 0 radical (unpaired) electrons. The monoisotopic (exact) mass is 295 g/mol. The summed E-state index contributed by atoms with van der Waals surface area (Å²) in [5.41, 5.74) is 3.36. The van der Waals surface area contributed by atoms with Crippen LogP contribution in [0.3, 0.4) is 0 Å². The van der Waals surface area contributed by atoms with Crippen molar-refractivity contribution < 1.29 is 4.39 Å². The Labute approximate surface area is 123 Å². The molecule has 3 nitrogen and oxygen atoms in total. The summed E-state index contributed by atoms with van der Waals surface area (Å²) in [7, 11) is 0. The Kier molecular flexibility index (Phi) is 4.45. The van der Waals surface area contributed by atoms with Crippen LogP contribution in [-0.2, 0) is 0 Å². The number of nitrogens with zero attached hydrogens (tertiary/aromatic N) is 2. The van der Waals surface area contributed by atoms with Crippen LogP contribution in [0.25, 0.3) is 5.69 Å². The number of hydrogen-bond donors (Lipinski definition) is 1. The second kappa shape index (κ2) is 5.94. The number of aryl methyl sites for hydroxylation is 1. The highest BCUT2D eigenvalue weighted by atomic mass is 35.5. The van der Waals surface area contributed by atoms with Gasteiger partial charge in [-0.15, -0.1) is 0 Å². The first-order valence-corrected chi connectivity index (χ1v) is 7.08. The highest BCUT2D eigenvalue weighted by molar-refractivity contribution is 6.31. The first-order chi connectivity index (χ1) is 9.45. The normalized spacial score (nSPS) is 12.7. The Hall–Kier alpha value is -1.39. The van der Waals surface area contributed by atoms with Crippen molar-refractivity contribution in [2.75, 3.05) is 6.54 Å². The molecule has 1 atom stereocenters. The third kappa shape index (κ3) is 2.72. The zero-order valence-electron chi connectivity index (χ0n) is 12.2. The minimum absolute atomic E-state index is 0.0355. The van der Waals surface area contributed by atoms with E-state index in [4.69, 9.17) is 11.6 Å². The molecule has 2 aromatic rings. The van der Waals surface area contributed by atoms with Crippen LogP contribution < -0.4 is 5.32 Å². The van der Waals surface area contributed by atoms with Gasteiger partial charge >= 0.3 is 0 Å². The molecule has 0 bridgehead atoms. The van der Waals surface area contributed by atoms with Gasteiger partial charge in [-0.2, -0.15) is 5.10 Å². The zero-order chi connectivity index (χ0) is 14.9. The van der Waals surface area contributed by atoms with E-state index in [0.717, 1.165) is 29.2 Å². The average Bonchev–Trinajstić information content (AvgIpc) is 2.67. The van der Waals surface area contributed by atoms with Crippen molar-refractivity contribution in [3.8, 4) is 5.69 Å². The summed E-state index contributed by atoms with van der Waals surface area (Å²) in [4.78, 5) is 0. The van der Waals surface area contributed by atoms with E-state index in [-0.39, 0.29) is 11.9 Å². The zero-order valence-corrected chi connectivity index (χ0v) is 12.9. The van der Waals surface area contributed by atoms with Crippen LogP contribution in [0.2, 0.25) is 5.02 Å². The van der Waals surface area contributed by atoms with Gasteiger partial charge in [0.1, 0.15) is 5.82 Å². The van der Waals surface area contributed by atoms with Gasteiger partial charge in [-0.25, -0.2) is 9.07 Å². The Morgan fingerprint density at radius 3 is 2.65 bits per heavy atom. The van der Waals surface area contributed by atoms with E-state index in [9.17, 15) is 4.39 Å². The molecule has 0 saturated carbocycles. The summed E-state index contributed by atoms with van der Waals surface area (Å²) in [6.07, 6.45) is 0. The van der Waals surface area contributed by atoms with Crippen LogP contribution in [-0.4, -0.2) is 16.3 Å². The topological polar surface area (TPSA) is 29.9 Å². The number of rotatable bonds is 4. The fourth-order valence-electron chi connectivity index (χ4n) is 2.34. The predicted octanol–water partition coefficient (Wildman–Crippen LogP) is 3.95. The SMILES string of the molecule is CCNC(C)c1cc(F)ccc1-n1nc(C)c(Cl)c1C. The van der Waals surface area contributed by atoms with Crippen LogP contribution >= 0.6 is 11.6 Å². The largest absolute Gasteiger partial charge is 0.310 e. The Bertz CT molecular complexity index is 622. The molecule has 108 valence electrons. The number of nitrogens with one attached hydrogen (secondary N) is 1. The summed E-state index contributed by atoms with van der Waals surface area (Å²) >= 11 is 6.20. The van der Waals surface area contributed by atoms with E-state index in [2.05, 4.69) is 10.4 Å². The van der Waals surface area contributed by atoms with Crippen LogP contribution in [0.5, 0.6) is 0 Å². The van der Waals surface area contributed by atoms with Gasteiger partial charge in [-0.1, -0.05) is 18.5 Å². The number of halogens is 2. The molecule has 0 spiro atoms. The molecule has 1 N–H and O–H groups in total. The van der Waals surface area contributed by atoms with Gasteiger partial charge in [-0.05, 0) is 51.1 Å². The molecule has 20 heavy (non-hydrogen) atoms. The van der Waals surface area contributed by atoms with Gasteiger partial charge in [-0.3, -0.25) is 0 Å². The van der Waals surface area contributed by atoms with Crippen molar-refractivity contribution in [1.82, 2.24) is 15.1 Å². The van der Waals surface area contributed by atoms with Crippen LogP contribution in [0, 0.1) is 19.7 Å². The molecular formula is C15H19ClFN3. The average molecular weight is 296 g/mol. The Morgan fingerprint density at radius 2 is 2.10 bits per heavy atom. The lowest BCUT2D eigenvalue weighted by Gasteiger charge is -2.18. The van der Waals surface area contributed by atoms with E-state index in [1.54, 1.807) is 16.8 Å². The maximum atomic E-state index is 13.6. The predicted molar refractivity (Wildman–Crippen MR) is 80.1 cm³/mol. The molecule has 0 fully saturated rings. The quantitative estimate of drug-likeness (QED) is 0.925. The van der Waals surface area contributed by atoms with Gasteiger partial charge in [0.05, 0.1) is 22.1 Å². The summed E-state index contributed by atoms with van der Waals surface area (Å²) in [6, 6.07) is 4.77. The highest BCUT2D eigenvalue weighted by Gasteiger charge is 2.17. The number of hydrogen-bond acceptors (Lipinski definition) is 2. The fourth-order valence-corrected chi connectivity index (χ4v) is 2.46. The van der Waals surface area contributed by atoms with Crippen molar-refractivity contribution in [2.45, 2.75) is 33.7 Å². The molecule has 1 heterocycles. The van der Waals surface area contributed by atoms with Gasteiger partial charge in [0.2, 0.25) is 0 Å². The number of aromatic nitrogens is 2. The third-order valence-electron chi connectivity index (χ3n) is 3.40. The van der Waals surface area contributed by atoms with Gasteiger partial charge in [0.25, 0.3) is 0 Å². The van der Waals surface area contributed by atoms with E-state index in [1.807, 2.05) is 27.7 Å². The first-order valence-electron chi connectivity index (χ1n) is 6.70. The summed E-state index contributed by atoms with van der Waals surface area (Å²) in [5.74, 6) is -0.249.